The van der Waals surface area contributed by atoms with E-state index in [2.05, 4.69) is 14.9 Å². The first kappa shape index (κ1) is 8.20. The van der Waals surface area contributed by atoms with Crippen LogP contribution in [-0.2, 0) is 0 Å². The summed E-state index contributed by atoms with van der Waals surface area (Å²) in [6.45, 7) is 1.84. The van der Waals surface area contributed by atoms with Crippen LogP contribution in [0, 0.1) is 12.4 Å². The van der Waals surface area contributed by atoms with Crippen molar-refractivity contribution in [1.82, 2.24) is 9.36 Å². The molecule has 4 heteroatoms. The number of hydrogen-bond acceptors (Lipinski definition) is 3. The number of aryl methyl sites for hydroxylation is 1. The van der Waals surface area contributed by atoms with Gasteiger partial charge in [0.1, 0.15) is 0 Å². The largest absolute Gasteiger partial charge is 1.00 e. The molecule has 0 saturated heterocycles. The Morgan fingerprint density at radius 2 is 2.43 bits per heavy atom. The molecule has 7 heavy (non-hydrogen) atoms. The Morgan fingerprint density at radius 1 is 1.71 bits per heavy atom. The molecule has 2 nitrogen and oxygen atoms in total. The standard InChI is InChI=1S/C3H3N2S.K/c1-3-4-2-6-5-3;/h1H3;/q-1;+1. The second kappa shape index (κ2) is 4.11. The number of hydrogen-bond donors (Lipinski definition) is 0. The summed E-state index contributed by atoms with van der Waals surface area (Å²) >= 11 is 1.25. The molecule has 0 atom stereocenters. The van der Waals surface area contributed by atoms with E-state index in [-0.39, 0.29) is 51.4 Å². The van der Waals surface area contributed by atoms with Crippen LogP contribution < -0.4 is 51.4 Å². The van der Waals surface area contributed by atoms with Gasteiger partial charge in [0.25, 0.3) is 0 Å². The minimum atomic E-state index is 0. The fraction of sp³-hybridized carbons (Fsp3) is 0.333. The van der Waals surface area contributed by atoms with E-state index in [4.69, 9.17) is 0 Å². The fourth-order valence-corrected chi connectivity index (χ4v) is 0.580. The number of nitrogens with zero attached hydrogens (tertiary/aromatic N) is 2. The molecular formula is C3H3KN2S. The van der Waals surface area contributed by atoms with E-state index >= 15 is 0 Å². The topological polar surface area (TPSA) is 25.8 Å². The number of aromatic nitrogens is 2. The van der Waals surface area contributed by atoms with Crippen molar-refractivity contribution in [2.45, 2.75) is 6.92 Å². The zero-order chi connectivity index (χ0) is 4.41. The zero-order valence-electron chi connectivity index (χ0n) is 4.30. The molecule has 32 valence electrons. The molecule has 1 heterocycles. The maximum Gasteiger partial charge on any atom is 1.00 e. The summed E-state index contributed by atoms with van der Waals surface area (Å²) in [7, 11) is 0. The smallest absolute Gasteiger partial charge is 0.426 e. The Bertz CT molecular complexity index is 116. The van der Waals surface area contributed by atoms with Crippen LogP contribution in [0.25, 0.3) is 0 Å². The minimum absolute atomic E-state index is 0. The van der Waals surface area contributed by atoms with E-state index in [1.807, 2.05) is 6.92 Å². The van der Waals surface area contributed by atoms with Gasteiger partial charge in [-0.05, 0) is 5.82 Å². The third kappa shape index (κ3) is 2.89. The van der Waals surface area contributed by atoms with Gasteiger partial charge in [-0.3, -0.25) is 4.37 Å². The van der Waals surface area contributed by atoms with Gasteiger partial charge in [0, 0.05) is 0 Å². The number of rotatable bonds is 0. The average Bonchev–Trinajstić information content (AvgIpc) is 1.86. The van der Waals surface area contributed by atoms with Crippen LogP contribution in [0.15, 0.2) is 0 Å². The molecule has 0 amide bonds. The summed E-state index contributed by atoms with van der Waals surface area (Å²) in [5, 5.41) is 0. The zero-order valence-corrected chi connectivity index (χ0v) is 8.24. The van der Waals surface area contributed by atoms with Gasteiger partial charge in [-0.15, -0.1) is 0 Å². The molecule has 0 unspecified atom stereocenters. The Kier molecular flexibility index (Phi) is 4.82. The van der Waals surface area contributed by atoms with Crippen molar-refractivity contribution >= 4 is 11.5 Å². The average molecular weight is 138 g/mol. The Morgan fingerprint density at radius 3 is 2.57 bits per heavy atom. The fourth-order valence-electron chi connectivity index (χ4n) is 0.193. The molecule has 0 saturated carbocycles. The molecule has 0 aliphatic rings. The summed E-state index contributed by atoms with van der Waals surface area (Å²) in [5.41, 5.74) is 2.61. The van der Waals surface area contributed by atoms with E-state index < -0.39 is 0 Å². The van der Waals surface area contributed by atoms with Gasteiger partial charge in [-0.2, -0.15) is 11.5 Å². The van der Waals surface area contributed by atoms with Crippen LogP contribution in [0.5, 0.6) is 0 Å². The molecule has 0 radical (unpaired) electrons. The first-order valence-electron chi connectivity index (χ1n) is 1.56. The summed E-state index contributed by atoms with van der Waals surface area (Å²) < 4.78 is 3.79. The van der Waals surface area contributed by atoms with Gasteiger partial charge in [0.15, 0.2) is 0 Å². The molecule has 0 aromatic carbocycles. The van der Waals surface area contributed by atoms with Crippen LogP contribution in [0.2, 0.25) is 0 Å². The van der Waals surface area contributed by atoms with Crippen LogP contribution in [0.4, 0.5) is 0 Å². The first-order valence-corrected chi connectivity index (χ1v) is 2.33. The van der Waals surface area contributed by atoms with Gasteiger partial charge in [-0.25, -0.2) is 0 Å². The normalized spacial score (nSPS) is 7.57. The molecule has 0 aliphatic carbocycles. The summed E-state index contributed by atoms with van der Waals surface area (Å²) in [5.74, 6) is 0.806. The molecule has 1 aromatic rings. The van der Waals surface area contributed by atoms with Crippen molar-refractivity contribution < 1.29 is 51.4 Å². The molecule has 0 bridgehead atoms. The summed E-state index contributed by atoms with van der Waals surface area (Å²) in [6.07, 6.45) is 0. The molecule has 0 aliphatic heterocycles. The van der Waals surface area contributed by atoms with E-state index in [0.29, 0.717) is 0 Å². The van der Waals surface area contributed by atoms with Gasteiger partial charge < -0.3 is 4.98 Å². The molecule has 1 aromatic heterocycles. The molecule has 1 rings (SSSR count). The van der Waals surface area contributed by atoms with Crippen LogP contribution in [0.3, 0.4) is 0 Å². The van der Waals surface area contributed by atoms with Crippen LogP contribution in [-0.4, -0.2) is 9.36 Å². The first-order chi connectivity index (χ1) is 2.89. The van der Waals surface area contributed by atoms with Crippen molar-refractivity contribution in [2.75, 3.05) is 0 Å². The predicted octanol–water partition coefficient (Wildman–Crippen LogP) is -2.35. The third-order valence-electron chi connectivity index (χ3n) is 0.426. The van der Waals surface area contributed by atoms with Crippen molar-refractivity contribution in [3.63, 3.8) is 0 Å². The monoisotopic (exact) mass is 138 g/mol. The van der Waals surface area contributed by atoms with Crippen molar-refractivity contribution in [3.05, 3.63) is 11.3 Å². The third-order valence-corrected chi connectivity index (χ3v) is 0.954. The predicted molar refractivity (Wildman–Crippen MR) is 23.5 cm³/mol. The van der Waals surface area contributed by atoms with Crippen molar-refractivity contribution in [2.24, 2.45) is 0 Å². The maximum atomic E-state index is 3.79. The Balaban J connectivity index is 0.000000360. The van der Waals surface area contributed by atoms with Crippen LogP contribution >= 0.6 is 11.5 Å². The second-order valence-electron chi connectivity index (χ2n) is 0.933. The Hall–Kier alpha value is 1.20. The van der Waals surface area contributed by atoms with Crippen molar-refractivity contribution in [1.29, 1.82) is 0 Å². The summed E-state index contributed by atoms with van der Waals surface area (Å²) in [6, 6.07) is 0. The Labute approximate surface area is 88.9 Å². The SMILES string of the molecule is Cc1n[c-]sn1.[K+]. The van der Waals surface area contributed by atoms with Gasteiger partial charge >= 0.3 is 51.4 Å². The van der Waals surface area contributed by atoms with Crippen LogP contribution in [0.1, 0.15) is 5.82 Å². The maximum absolute atomic E-state index is 3.79. The molecule has 0 N–H and O–H groups in total. The van der Waals surface area contributed by atoms with Gasteiger partial charge in [0.2, 0.25) is 0 Å². The van der Waals surface area contributed by atoms with E-state index in [1.54, 1.807) is 0 Å². The van der Waals surface area contributed by atoms with Crippen molar-refractivity contribution in [3.8, 4) is 0 Å². The van der Waals surface area contributed by atoms with E-state index in [9.17, 15) is 0 Å². The van der Waals surface area contributed by atoms with Gasteiger partial charge in [-0.1, -0.05) is 12.4 Å². The van der Waals surface area contributed by atoms with E-state index in [1.165, 1.54) is 11.5 Å². The van der Waals surface area contributed by atoms with Gasteiger partial charge in [0.05, 0.1) is 0 Å². The van der Waals surface area contributed by atoms with E-state index in [0.717, 1.165) is 5.82 Å². The summed E-state index contributed by atoms with van der Waals surface area (Å²) in [4.78, 5) is 3.70. The minimum Gasteiger partial charge on any atom is -0.426 e. The quantitative estimate of drug-likeness (QED) is 0.296. The molecular weight excluding hydrogens is 135 g/mol. The second-order valence-corrected chi connectivity index (χ2v) is 1.48. The molecule has 0 fully saturated rings. The molecule has 0 spiro atoms.